The minimum Gasteiger partial charge on any atom is -0.491 e. The molecule has 0 fully saturated rings. The van der Waals surface area contributed by atoms with Crippen molar-refractivity contribution in [3.05, 3.63) is 29.8 Å². The highest BCUT2D eigenvalue weighted by Crippen LogP contribution is 2.16. The van der Waals surface area contributed by atoms with Crippen molar-refractivity contribution in [1.29, 1.82) is 0 Å². The van der Waals surface area contributed by atoms with Gasteiger partial charge in [-0.05, 0) is 31.5 Å². The van der Waals surface area contributed by atoms with Crippen LogP contribution in [-0.2, 0) is 16.0 Å². The predicted molar refractivity (Wildman–Crippen MR) is 80.3 cm³/mol. The molecule has 1 unspecified atom stereocenters. The molecular formula is C16H23NO4. The van der Waals surface area contributed by atoms with E-state index in [1.807, 2.05) is 38.1 Å². The number of carboxylic acids is 1. The molecule has 0 spiro atoms. The molecule has 21 heavy (non-hydrogen) atoms. The van der Waals surface area contributed by atoms with Gasteiger partial charge in [0.25, 0.3) is 0 Å². The van der Waals surface area contributed by atoms with Crippen molar-refractivity contribution in [2.45, 2.75) is 33.3 Å². The Hall–Kier alpha value is -2.04. The molecule has 0 aromatic heterocycles. The van der Waals surface area contributed by atoms with E-state index >= 15 is 0 Å². The van der Waals surface area contributed by atoms with Crippen LogP contribution in [0.3, 0.4) is 0 Å². The van der Waals surface area contributed by atoms with Crippen LogP contribution in [0.5, 0.6) is 5.75 Å². The van der Waals surface area contributed by atoms with Crippen LogP contribution in [0, 0.1) is 5.92 Å². The number of likely N-dealkylation sites (N-methyl/N-ethyl adjacent to an activating group) is 1. The second-order valence-corrected chi connectivity index (χ2v) is 5.50. The Morgan fingerprint density at radius 1 is 1.29 bits per heavy atom. The third-order valence-corrected chi connectivity index (χ3v) is 3.02. The Labute approximate surface area is 125 Å². The van der Waals surface area contributed by atoms with Crippen molar-refractivity contribution in [2.24, 2.45) is 5.92 Å². The second-order valence-electron chi connectivity index (χ2n) is 5.50. The second kappa shape index (κ2) is 7.67. The van der Waals surface area contributed by atoms with E-state index in [0.717, 1.165) is 11.3 Å². The molecule has 1 aromatic rings. The number of aliphatic carboxylic acids is 1. The Balaban J connectivity index is 2.63. The lowest BCUT2D eigenvalue weighted by atomic mass is 10.1. The first-order valence-corrected chi connectivity index (χ1v) is 7.02. The van der Waals surface area contributed by atoms with Gasteiger partial charge in [0, 0.05) is 13.6 Å². The molecule has 0 bridgehead atoms. The first-order valence-electron chi connectivity index (χ1n) is 7.02. The smallest absolute Gasteiger partial charge is 0.308 e. The molecule has 1 atom stereocenters. The molecular weight excluding hydrogens is 270 g/mol. The van der Waals surface area contributed by atoms with Crippen LogP contribution in [0.4, 0.5) is 0 Å². The lowest BCUT2D eigenvalue weighted by molar-refractivity contribution is -0.142. The molecule has 1 N–H and O–H groups in total. The Kier molecular flexibility index (Phi) is 6.21. The summed E-state index contributed by atoms with van der Waals surface area (Å²) >= 11 is 0. The summed E-state index contributed by atoms with van der Waals surface area (Å²) in [6, 6.07) is 7.40. The van der Waals surface area contributed by atoms with Crippen LogP contribution < -0.4 is 4.74 Å². The molecule has 5 nitrogen and oxygen atoms in total. The summed E-state index contributed by atoms with van der Waals surface area (Å²) in [5.74, 6) is -0.849. The number of carbonyl (C=O) groups is 2. The Bertz CT molecular complexity index is 499. The fourth-order valence-corrected chi connectivity index (χ4v) is 1.90. The van der Waals surface area contributed by atoms with Gasteiger partial charge in [-0.15, -0.1) is 0 Å². The van der Waals surface area contributed by atoms with Gasteiger partial charge >= 0.3 is 5.97 Å². The first-order chi connectivity index (χ1) is 9.79. The lowest BCUT2D eigenvalue weighted by Crippen LogP contribution is -2.34. The number of benzene rings is 1. The fourth-order valence-electron chi connectivity index (χ4n) is 1.90. The highest BCUT2D eigenvalue weighted by Gasteiger charge is 2.17. The minimum absolute atomic E-state index is 0.0787. The van der Waals surface area contributed by atoms with E-state index in [4.69, 9.17) is 9.84 Å². The van der Waals surface area contributed by atoms with Gasteiger partial charge in [-0.25, -0.2) is 0 Å². The highest BCUT2D eigenvalue weighted by atomic mass is 16.5. The van der Waals surface area contributed by atoms with E-state index in [0.29, 0.717) is 0 Å². The molecule has 116 valence electrons. The molecule has 0 aliphatic rings. The molecule has 0 saturated heterocycles. The van der Waals surface area contributed by atoms with Gasteiger partial charge in [-0.3, -0.25) is 9.59 Å². The summed E-state index contributed by atoms with van der Waals surface area (Å²) in [6.07, 6.45) is 0.313. The molecule has 0 saturated carbocycles. The topological polar surface area (TPSA) is 66.8 Å². The maximum atomic E-state index is 12.1. The van der Waals surface area contributed by atoms with Crippen LogP contribution in [0.25, 0.3) is 0 Å². The quantitative estimate of drug-likeness (QED) is 0.837. The van der Waals surface area contributed by atoms with Crippen LogP contribution >= 0.6 is 0 Å². The van der Waals surface area contributed by atoms with Gasteiger partial charge in [0.15, 0.2) is 0 Å². The molecule has 1 aromatic carbocycles. The number of hydrogen-bond donors (Lipinski definition) is 1. The number of amides is 1. The number of ether oxygens (including phenoxy) is 1. The van der Waals surface area contributed by atoms with Crippen LogP contribution in [-0.4, -0.2) is 41.6 Å². The van der Waals surface area contributed by atoms with E-state index in [1.54, 1.807) is 14.0 Å². The van der Waals surface area contributed by atoms with Crippen molar-refractivity contribution in [1.82, 2.24) is 4.90 Å². The van der Waals surface area contributed by atoms with Gasteiger partial charge < -0.3 is 14.7 Å². The standard InChI is InChI=1S/C16H23NO4/c1-11(2)21-14-7-5-6-13(8-14)9-15(18)17(4)10-12(3)16(19)20/h5-8,11-12H,9-10H2,1-4H3,(H,19,20). The molecule has 0 aliphatic carbocycles. The maximum absolute atomic E-state index is 12.1. The molecule has 0 aliphatic heterocycles. The van der Waals surface area contributed by atoms with Crippen molar-refractivity contribution in [3.8, 4) is 5.75 Å². The minimum atomic E-state index is -0.901. The molecule has 0 heterocycles. The van der Waals surface area contributed by atoms with Crippen molar-refractivity contribution in [3.63, 3.8) is 0 Å². The van der Waals surface area contributed by atoms with Crippen LogP contribution in [0.1, 0.15) is 26.3 Å². The van der Waals surface area contributed by atoms with Crippen molar-refractivity contribution >= 4 is 11.9 Å². The zero-order chi connectivity index (χ0) is 16.0. The van der Waals surface area contributed by atoms with E-state index in [9.17, 15) is 9.59 Å². The molecule has 1 rings (SSSR count). The van der Waals surface area contributed by atoms with Gasteiger partial charge in [-0.1, -0.05) is 19.1 Å². The fraction of sp³-hybridized carbons (Fsp3) is 0.500. The number of carbonyl (C=O) groups excluding carboxylic acids is 1. The van der Waals surface area contributed by atoms with E-state index in [1.165, 1.54) is 4.90 Å². The predicted octanol–water partition coefficient (Wildman–Crippen LogP) is 2.20. The highest BCUT2D eigenvalue weighted by molar-refractivity contribution is 5.79. The largest absolute Gasteiger partial charge is 0.491 e. The summed E-state index contributed by atoms with van der Waals surface area (Å²) in [6.45, 7) is 5.68. The third kappa shape index (κ3) is 5.85. The van der Waals surface area contributed by atoms with Crippen LogP contribution in [0.2, 0.25) is 0 Å². The number of carboxylic acid groups (broad SMARTS) is 1. The Morgan fingerprint density at radius 3 is 2.52 bits per heavy atom. The molecule has 5 heteroatoms. The summed E-state index contributed by atoms with van der Waals surface area (Å²) in [7, 11) is 1.62. The van der Waals surface area contributed by atoms with Gasteiger partial charge in [0.1, 0.15) is 5.75 Å². The van der Waals surface area contributed by atoms with Crippen LogP contribution in [0.15, 0.2) is 24.3 Å². The van der Waals surface area contributed by atoms with Crippen molar-refractivity contribution < 1.29 is 19.4 Å². The van der Waals surface area contributed by atoms with Crippen molar-refractivity contribution in [2.75, 3.05) is 13.6 Å². The summed E-state index contributed by atoms with van der Waals surface area (Å²) < 4.78 is 5.59. The lowest BCUT2D eigenvalue weighted by Gasteiger charge is -2.19. The summed E-state index contributed by atoms with van der Waals surface area (Å²) in [5.41, 5.74) is 0.855. The summed E-state index contributed by atoms with van der Waals surface area (Å²) in [4.78, 5) is 24.4. The zero-order valence-electron chi connectivity index (χ0n) is 13.0. The van der Waals surface area contributed by atoms with Gasteiger partial charge in [0.05, 0.1) is 18.4 Å². The van der Waals surface area contributed by atoms with E-state index in [2.05, 4.69) is 0 Å². The Morgan fingerprint density at radius 2 is 1.95 bits per heavy atom. The van der Waals surface area contributed by atoms with E-state index < -0.39 is 11.9 Å². The van der Waals surface area contributed by atoms with E-state index in [-0.39, 0.29) is 25.0 Å². The SMILES string of the molecule is CC(C)Oc1cccc(CC(=O)N(C)CC(C)C(=O)O)c1. The monoisotopic (exact) mass is 293 g/mol. The van der Waals surface area contributed by atoms with Gasteiger partial charge in [-0.2, -0.15) is 0 Å². The number of hydrogen-bond acceptors (Lipinski definition) is 3. The molecule has 1 amide bonds. The molecule has 0 radical (unpaired) electrons. The zero-order valence-corrected chi connectivity index (χ0v) is 13.0. The average molecular weight is 293 g/mol. The first kappa shape index (κ1) is 17.0. The maximum Gasteiger partial charge on any atom is 0.308 e. The normalized spacial score (nSPS) is 12.0. The summed E-state index contributed by atoms with van der Waals surface area (Å²) in [5, 5.41) is 8.87. The van der Waals surface area contributed by atoms with Gasteiger partial charge in [0.2, 0.25) is 5.91 Å². The number of rotatable bonds is 7. The third-order valence-electron chi connectivity index (χ3n) is 3.02. The average Bonchev–Trinajstić information content (AvgIpc) is 2.37. The number of nitrogens with zero attached hydrogens (tertiary/aromatic N) is 1.